The van der Waals surface area contributed by atoms with E-state index in [2.05, 4.69) is 73.9 Å². The quantitative estimate of drug-likeness (QED) is 0.281. The van der Waals surface area contributed by atoms with Gasteiger partial charge in [0.1, 0.15) is 16.7 Å². The SMILES string of the molecule is CCN(CC)c1ncnc2ccc(-c3cccc(CN(C)C(=O)Oc4cccc(Br)n4)c3)cc12. The second kappa shape index (κ2) is 10.6. The van der Waals surface area contributed by atoms with Crippen LogP contribution in [-0.2, 0) is 6.54 Å². The fourth-order valence-electron chi connectivity index (χ4n) is 3.80. The van der Waals surface area contributed by atoms with Crippen LogP contribution in [0.3, 0.4) is 0 Å². The lowest BCUT2D eigenvalue weighted by molar-refractivity contribution is 0.159. The van der Waals surface area contributed by atoms with E-state index in [4.69, 9.17) is 4.74 Å². The fourth-order valence-corrected chi connectivity index (χ4v) is 4.13. The molecule has 0 spiro atoms. The fraction of sp³-hybridized carbons (Fsp3) is 0.231. The largest absolute Gasteiger partial charge is 0.416 e. The Morgan fingerprint density at radius 2 is 1.74 bits per heavy atom. The Bertz CT molecular complexity index is 1310. The highest BCUT2D eigenvalue weighted by Gasteiger charge is 2.14. The molecule has 0 saturated heterocycles. The second-order valence-corrected chi connectivity index (χ2v) is 8.64. The number of carbonyl (C=O) groups is 1. The average Bonchev–Trinajstić information content (AvgIpc) is 2.85. The number of rotatable bonds is 7. The summed E-state index contributed by atoms with van der Waals surface area (Å²) in [6.45, 7) is 6.40. The molecule has 0 saturated carbocycles. The maximum atomic E-state index is 12.5. The second-order valence-electron chi connectivity index (χ2n) is 7.82. The van der Waals surface area contributed by atoms with Crippen molar-refractivity contribution in [2.24, 2.45) is 0 Å². The molecule has 0 atom stereocenters. The van der Waals surface area contributed by atoms with Crippen molar-refractivity contribution in [1.29, 1.82) is 0 Å². The van der Waals surface area contributed by atoms with E-state index in [1.54, 1.807) is 31.6 Å². The first-order valence-electron chi connectivity index (χ1n) is 11.1. The summed E-state index contributed by atoms with van der Waals surface area (Å²) in [7, 11) is 1.71. The third-order valence-electron chi connectivity index (χ3n) is 5.55. The van der Waals surface area contributed by atoms with Gasteiger partial charge in [-0.15, -0.1) is 0 Å². The molecule has 0 fully saturated rings. The lowest BCUT2D eigenvalue weighted by atomic mass is 10.0. The molecular formula is C26H26BrN5O2. The summed E-state index contributed by atoms with van der Waals surface area (Å²) in [6.07, 6.45) is 1.15. The van der Waals surface area contributed by atoms with Gasteiger partial charge in [0.2, 0.25) is 5.88 Å². The standard InChI is InChI=1S/C26H26BrN5O2/c1-4-32(5-2)25-21-15-20(12-13-22(21)28-17-29-25)19-9-6-8-18(14-19)16-31(3)26(33)34-24-11-7-10-23(27)30-24/h6-15,17H,4-5,16H2,1-3H3. The van der Waals surface area contributed by atoms with Crippen LogP contribution in [0.4, 0.5) is 10.6 Å². The molecule has 34 heavy (non-hydrogen) atoms. The van der Waals surface area contributed by atoms with Crippen LogP contribution in [0, 0.1) is 0 Å². The number of nitrogens with zero attached hydrogens (tertiary/aromatic N) is 5. The van der Waals surface area contributed by atoms with Crippen molar-refractivity contribution >= 4 is 38.7 Å². The van der Waals surface area contributed by atoms with Crippen molar-refractivity contribution in [3.05, 3.63) is 77.2 Å². The van der Waals surface area contributed by atoms with Crippen LogP contribution >= 0.6 is 15.9 Å². The minimum Gasteiger partial charge on any atom is -0.391 e. The highest BCUT2D eigenvalue weighted by atomic mass is 79.9. The van der Waals surface area contributed by atoms with Crippen LogP contribution < -0.4 is 9.64 Å². The minimum atomic E-state index is -0.470. The van der Waals surface area contributed by atoms with Crippen molar-refractivity contribution in [2.45, 2.75) is 20.4 Å². The van der Waals surface area contributed by atoms with E-state index < -0.39 is 6.09 Å². The zero-order valence-corrected chi connectivity index (χ0v) is 21.0. The van der Waals surface area contributed by atoms with Gasteiger partial charge < -0.3 is 14.5 Å². The highest BCUT2D eigenvalue weighted by molar-refractivity contribution is 9.10. The number of aromatic nitrogens is 3. The summed E-state index contributed by atoms with van der Waals surface area (Å²) in [5, 5.41) is 1.02. The molecule has 2 heterocycles. The number of pyridine rings is 1. The van der Waals surface area contributed by atoms with Gasteiger partial charge in [0.05, 0.1) is 5.52 Å². The van der Waals surface area contributed by atoms with Gasteiger partial charge in [-0.3, -0.25) is 0 Å². The zero-order chi connectivity index (χ0) is 24.1. The molecule has 8 heteroatoms. The number of carbonyl (C=O) groups excluding carboxylic acids is 1. The minimum absolute atomic E-state index is 0.252. The Labute approximate surface area is 207 Å². The number of fused-ring (bicyclic) bond motifs is 1. The molecule has 0 bridgehead atoms. The van der Waals surface area contributed by atoms with E-state index in [1.165, 1.54) is 4.90 Å². The Balaban J connectivity index is 1.56. The molecule has 0 aliphatic carbocycles. The lowest BCUT2D eigenvalue weighted by Gasteiger charge is -2.21. The van der Waals surface area contributed by atoms with E-state index in [0.717, 1.165) is 46.5 Å². The molecule has 4 rings (SSSR count). The van der Waals surface area contributed by atoms with Gasteiger partial charge in [0, 0.05) is 38.1 Å². The van der Waals surface area contributed by atoms with Crippen LogP contribution in [0.25, 0.3) is 22.0 Å². The Kier molecular flexibility index (Phi) is 7.37. The molecule has 2 aromatic carbocycles. The summed E-state index contributed by atoms with van der Waals surface area (Å²) < 4.78 is 5.99. The Morgan fingerprint density at radius 1 is 0.971 bits per heavy atom. The van der Waals surface area contributed by atoms with Gasteiger partial charge in [0.25, 0.3) is 0 Å². The normalized spacial score (nSPS) is 10.8. The number of anilines is 1. The zero-order valence-electron chi connectivity index (χ0n) is 19.4. The smallest absolute Gasteiger partial charge is 0.391 e. The number of halogens is 1. The maximum absolute atomic E-state index is 12.5. The van der Waals surface area contributed by atoms with E-state index in [-0.39, 0.29) is 5.88 Å². The molecule has 4 aromatic rings. The summed E-state index contributed by atoms with van der Waals surface area (Å²) in [5.41, 5.74) is 4.04. The van der Waals surface area contributed by atoms with Crippen molar-refractivity contribution in [2.75, 3.05) is 25.0 Å². The molecule has 1 amide bonds. The summed E-state index contributed by atoms with van der Waals surface area (Å²) in [6, 6.07) is 19.6. The van der Waals surface area contributed by atoms with E-state index in [0.29, 0.717) is 11.1 Å². The third kappa shape index (κ3) is 5.34. The summed E-state index contributed by atoms with van der Waals surface area (Å²) >= 11 is 3.28. The molecule has 7 nitrogen and oxygen atoms in total. The Morgan fingerprint density at radius 3 is 2.50 bits per heavy atom. The molecular weight excluding hydrogens is 494 g/mol. The molecule has 0 unspecified atom stereocenters. The lowest BCUT2D eigenvalue weighted by Crippen LogP contribution is -2.29. The van der Waals surface area contributed by atoms with Crippen LogP contribution in [0.1, 0.15) is 19.4 Å². The molecule has 0 aliphatic rings. The van der Waals surface area contributed by atoms with Crippen molar-refractivity contribution in [1.82, 2.24) is 19.9 Å². The van der Waals surface area contributed by atoms with Crippen molar-refractivity contribution in [3.8, 4) is 17.0 Å². The van der Waals surface area contributed by atoms with Gasteiger partial charge >= 0.3 is 6.09 Å². The first-order chi connectivity index (χ1) is 16.5. The van der Waals surface area contributed by atoms with Gasteiger partial charge in [-0.05, 0) is 70.7 Å². The van der Waals surface area contributed by atoms with Crippen LogP contribution in [0.15, 0.2) is 71.6 Å². The van der Waals surface area contributed by atoms with Gasteiger partial charge in [-0.2, -0.15) is 0 Å². The van der Waals surface area contributed by atoms with Crippen LogP contribution in [0.5, 0.6) is 5.88 Å². The predicted octanol–water partition coefficient (Wildman–Crippen LogP) is 5.93. The first kappa shape index (κ1) is 23.6. The van der Waals surface area contributed by atoms with E-state index in [1.807, 2.05) is 18.2 Å². The maximum Gasteiger partial charge on any atom is 0.416 e. The van der Waals surface area contributed by atoms with Gasteiger partial charge in [-0.25, -0.2) is 19.7 Å². The van der Waals surface area contributed by atoms with Crippen LogP contribution in [-0.4, -0.2) is 46.1 Å². The van der Waals surface area contributed by atoms with Crippen molar-refractivity contribution in [3.63, 3.8) is 0 Å². The number of ether oxygens (including phenoxy) is 1. The highest BCUT2D eigenvalue weighted by Crippen LogP contribution is 2.29. The van der Waals surface area contributed by atoms with Crippen molar-refractivity contribution < 1.29 is 9.53 Å². The summed E-state index contributed by atoms with van der Waals surface area (Å²) in [4.78, 5) is 29.4. The first-order valence-corrected chi connectivity index (χ1v) is 11.9. The monoisotopic (exact) mass is 519 g/mol. The number of benzene rings is 2. The predicted molar refractivity (Wildman–Crippen MR) is 138 cm³/mol. The number of hydrogen-bond acceptors (Lipinski definition) is 6. The summed E-state index contributed by atoms with van der Waals surface area (Å²) in [5.74, 6) is 1.19. The van der Waals surface area contributed by atoms with E-state index >= 15 is 0 Å². The number of amides is 1. The van der Waals surface area contributed by atoms with E-state index in [9.17, 15) is 4.79 Å². The molecule has 174 valence electrons. The van der Waals surface area contributed by atoms with Gasteiger partial charge in [0.15, 0.2) is 0 Å². The average molecular weight is 520 g/mol. The molecule has 2 aromatic heterocycles. The molecule has 0 aliphatic heterocycles. The van der Waals surface area contributed by atoms with Crippen LogP contribution in [0.2, 0.25) is 0 Å². The molecule has 0 N–H and O–H groups in total. The molecule has 0 radical (unpaired) electrons. The number of hydrogen-bond donors (Lipinski definition) is 0. The Hall–Kier alpha value is -3.52. The van der Waals surface area contributed by atoms with Gasteiger partial charge in [-0.1, -0.05) is 30.3 Å². The third-order valence-corrected chi connectivity index (χ3v) is 5.99. The topological polar surface area (TPSA) is 71.5 Å².